The number of carboxylic acids is 1. The number of carboxylic acid groups (broad SMARTS) is 1. The Balaban J connectivity index is 1.57. The summed E-state index contributed by atoms with van der Waals surface area (Å²) in [5, 5.41) is 16.6. The van der Waals surface area contributed by atoms with Crippen LogP contribution in [0.5, 0.6) is 0 Å². The van der Waals surface area contributed by atoms with Gasteiger partial charge in [-0.1, -0.05) is 36.4 Å². The van der Waals surface area contributed by atoms with Gasteiger partial charge in [0.05, 0.1) is 11.8 Å². The molecule has 0 bridgehead atoms. The number of aromatic carboxylic acids is 1. The maximum Gasteiger partial charge on any atom is 0.335 e. The lowest BCUT2D eigenvalue weighted by Crippen LogP contribution is -2.31. The average molecular weight is 393 g/mol. The van der Waals surface area contributed by atoms with Crippen molar-refractivity contribution in [3.63, 3.8) is 0 Å². The molecule has 0 amide bonds. The molecule has 28 heavy (non-hydrogen) atoms. The van der Waals surface area contributed by atoms with Gasteiger partial charge in [0.15, 0.2) is 5.11 Å². The van der Waals surface area contributed by atoms with E-state index in [-0.39, 0.29) is 5.56 Å². The molecular weight excluding hydrogens is 374 g/mol. The SMILES string of the molecule is Cc1cc(C(=O)O)ccc1-c1ccc(C=NNC(=S)NCc2ccccc2)o1. The van der Waals surface area contributed by atoms with Gasteiger partial charge in [0.2, 0.25) is 0 Å². The molecule has 2 aromatic carbocycles. The topological polar surface area (TPSA) is 86.9 Å². The molecule has 3 rings (SSSR count). The molecule has 0 saturated heterocycles. The van der Waals surface area contributed by atoms with E-state index in [1.165, 1.54) is 6.21 Å². The molecule has 0 spiro atoms. The molecule has 0 aliphatic carbocycles. The van der Waals surface area contributed by atoms with E-state index in [1.807, 2.05) is 43.3 Å². The van der Waals surface area contributed by atoms with E-state index in [9.17, 15) is 4.79 Å². The third kappa shape index (κ3) is 5.05. The summed E-state index contributed by atoms with van der Waals surface area (Å²) in [6, 6.07) is 18.4. The van der Waals surface area contributed by atoms with Gasteiger partial charge in [0, 0.05) is 12.1 Å². The minimum absolute atomic E-state index is 0.246. The molecule has 0 aliphatic heterocycles. The second-order valence-corrected chi connectivity index (χ2v) is 6.48. The fraction of sp³-hybridized carbons (Fsp3) is 0.0952. The zero-order valence-corrected chi connectivity index (χ0v) is 16.0. The fourth-order valence-corrected chi connectivity index (χ4v) is 2.74. The molecule has 6 nitrogen and oxygen atoms in total. The third-order valence-corrected chi connectivity index (χ3v) is 4.26. The van der Waals surface area contributed by atoms with Crippen LogP contribution in [0.1, 0.15) is 27.2 Å². The van der Waals surface area contributed by atoms with E-state index < -0.39 is 5.97 Å². The van der Waals surface area contributed by atoms with E-state index in [1.54, 1.807) is 24.3 Å². The maximum atomic E-state index is 11.0. The van der Waals surface area contributed by atoms with Crippen molar-refractivity contribution in [2.75, 3.05) is 0 Å². The van der Waals surface area contributed by atoms with E-state index in [0.29, 0.717) is 23.2 Å². The lowest BCUT2D eigenvalue weighted by atomic mass is 10.0. The Morgan fingerprint density at radius 2 is 1.96 bits per heavy atom. The number of hydrogen-bond donors (Lipinski definition) is 3. The van der Waals surface area contributed by atoms with Crippen LogP contribution in [-0.2, 0) is 6.54 Å². The quantitative estimate of drug-likeness (QED) is 0.334. The van der Waals surface area contributed by atoms with Crippen molar-refractivity contribution in [3.05, 3.63) is 83.1 Å². The molecule has 0 atom stereocenters. The predicted octanol–water partition coefficient (Wildman–Crippen LogP) is 3.95. The van der Waals surface area contributed by atoms with Gasteiger partial charge in [-0.2, -0.15) is 5.10 Å². The van der Waals surface area contributed by atoms with Crippen LogP contribution in [-0.4, -0.2) is 22.4 Å². The van der Waals surface area contributed by atoms with Crippen LogP contribution in [0.3, 0.4) is 0 Å². The van der Waals surface area contributed by atoms with Gasteiger partial charge in [-0.15, -0.1) is 0 Å². The van der Waals surface area contributed by atoms with Gasteiger partial charge in [-0.25, -0.2) is 4.79 Å². The molecule has 142 valence electrons. The van der Waals surface area contributed by atoms with Gasteiger partial charge >= 0.3 is 5.97 Å². The number of rotatable bonds is 6. The average Bonchev–Trinajstić information content (AvgIpc) is 3.15. The van der Waals surface area contributed by atoms with Gasteiger partial charge in [0.25, 0.3) is 0 Å². The van der Waals surface area contributed by atoms with Crippen LogP contribution in [0.15, 0.2) is 70.2 Å². The summed E-state index contributed by atoms with van der Waals surface area (Å²) in [7, 11) is 0. The molecule has 0 saturated carbocycles. The number of aryl methyl sites for hydroxylation is 1. The summed E-state index contributed by atoms with van der Waals surface area (Å²) in [6.45, 7) is 2.45. The van der Waals surface area contributed by atoms with Gasteiger partial charge < -0.3 is 14.8 Å². The van der Waals surface area contributed by atoms with Crippen molar-refractivity contribution in [1.29, 1.82) is 0 Å². The monoisotopic (exact) mass is 393 g/mol. The minimum atomic E-state index is -0.954. The van der Waals surface area contributed by atoms with Crippen LogP contribution >= 0.6 is 12.2 Å². The Kier molecular flexibility index (Phi) is 6.18. The first-order chi connectivity index (χ1) is 13.5. The molecule has 0 aliphatic rings. The summed E-state index contributed by atoms with van der Waals surface area (Å²) >= 11 is 5.19. The molecule has 1 aromatic heterocycles. The summed E-state index contributed by atoms with van der Waals surface area (Å²) in [6.07, 6.45) is 1.53. The van der Waals surface area contributed by atoms with Crippen molar-refractivity contribution < 1.29 is 14.3 Å². The largest absolute Gasteiger partial charge is 0.478 e. The summed E-state index contributed by atoms with van der Waals surface area (Å²) < 4.78 is 5.76. The van der Waals surface area contributed by atoms with E-state index >= 15 is 0 Å². The van der Waals surface area contributed by atoms with E-state index in [4.69, 9.17) is 21.7 Å². The van der Waals surface area contributed by atoms with Crippen molar-refractivity contribution in [2.45, 2.75) is 13.5 Å². The number of furan rings is 1. The highest BCUT2D eigenvalue weighted by Gasteiger charge is 2.10. The first kappa shape index (κ1) is 19.3. The normalized spacial score (nSPS) is 10.8. The smallest absolute Gasteiger partial charge is 0.335 e. The van der Waals surface area contributed by atoms with Crippen molar-refractivity contribution in [3.8, 4) is 11.3 Å². The second kappa shape index (κ2) is 8.96. The Bertz CT molecular complexity index is 1010. The number of hydrazone groups is 1. The Morgan fingerprint density at radius 1 is 1.18 bits per heavy atom. The first-order valence-corrected chi connectivity index (χ1v) is 8.99. The maximum absolute atomic E-state index is 11.0. The van der Waals surface area contributed by atoms with Crippen LogP contribution in [0.4, 0.5) is 0 Å². The van der Waals surface area contributed by atoms with Crippen LogP contribution in [0.2, 0.25) is 0 Å². The second-order valence-electron chi connectivity index (χ2n) is 6.08. The van der Waals surface area contributed by atoms with Crippen molar-refractivity contribution in [1.82, 2.24) is 10.7 Å². The molecule has 1 heterocycles. The van der Waals surface area contributed by atoms with Gasteiger partial charge in [0.1, 0.15) is 11.5 Å². The Hall–Kier alpha value is -3.45. The number of thiocarbonyl (C=S) groups is 1. The molecule has 0 unspecified atom stereocenters. The number of carbonyl (C=O) groups is 1. The molecular formula is C21H19N3O3S. The molecule has 7 heteroatoms. The minimum Gasteiger partial charge on any atom is -0.478 e. The molecule has 3 N–H and O–H groups in total. The third-order valence-electron chi connectivity index (χ3n) is 4.02. The van der Waals surface area contributed by atoms with Crippen LogP contribution in [0.25, 0.3) is 11.3 Å². The highest BCUT2D eigenvalue weighted by molar-refractivity contribution is 7.80. The molecule has 3 aromatic rings. The highest BCUT2D eigenvalue weighted by Crippen LogP contribution is 2.26. The predicted molar refractivity (Wildman–Crippen MR) is 112 cm³/mol. The molecule has 0 fully saturated rings. The number of nitrogens with one attached hydrogen (secondary N) is 2. The Morgan fingerprint density at radius 3 is 2.68 bits per heavy atom. The van der Waals surface area contributed by atoms with E-state index in [0.717, 1.165) is 16.7 Å². The summed E-state index contributed by atoms with van der Waals surface area (Å²) in [5.74, 6) is 0.237. The summed E-state index contributed by atoms with van der Waals surface area (Å²) in [4.78, 5) is 11.0. The molecule has 0 radical (unpaired) electrons. The zero-order valence-electron chi connectivity index (χ0n) is 15.2. The summed E-state index contributed by atoms with van der Waals surface area (Å²) in [5.41, 5.74) is 5.77. The number of hydrogen-bond acceptors (Lipinski definition) is 4. The van der Waals surface area contributed by atoms with Gasteiger partial charge in [-0.3, -0.25) is 5.43 Å². The first-order valence-electron chi connectivity index (χ1n) is 8.58. The van der Waals surface area contributed by atoms with Crippen molar-refractivity contribution >= 4 is 29.5 Å². The highest BCUT2D eigenvalue weighted by atomic mass is 32.1. The lowest BCUT2D eigenvalue weighted by Gasteiger charge is -2.06. The number of nitrogens with zero attached hydrogens (tertiary/aromatic N) is 1. The zero-order chi connectivity index (χ0) is 19.9. The number of benzene rings is 2. The van der Waals surface area contributed by atoms with Gasteiger partial charge in [-0.05, 0) is 54.5 Å². The van der Waals surface area contributed by atoms with Crippen LogP contribution < -0.4 is 10.7 Å². The fourth-order valence-electron chi connectivity index (χ4n) is 2.61. The standard InChI is InChI=1S/C21H19N3O3S/c1-14-11-16(20(25)26)7-9-18(14)19-10-8-17(27-19)13-23-24-21(28)22-12-15-5-3-2-4-6-15/h2-11,13H,12H2,1H3,(H,25,26)(H2,22,24,28). The van der Waals surface area contributed by atoms with Crippen LogP contribution in [0, 0.1) is 6.92 Å². The Labute approximate surface area is 167 Å². The lowest BCUT2D eigenvalue weighted by molar-refractivity contribution is 0.0697. The van der Waals surface area contributed by atoms with E-state index in [2.05, 4.69) is 15.8 Å². The van der Waals surface area contributed by atoms with Crippen molar-refractivity contribution in [2.24, 2.45) is 5.10 Å².